The van der Waals surface area contributed by atoms with Crippen molar-refractivity contribution >= 4 is 12.0 Å². The number of hydrogen-bond donors (Lipinski definition) is 1. The van der Waals surface area contributed by atoms with Crippen molar-refractivity contribution in [3.63, 3.8) is 0 Å². The third kappa shape index (κ3) is 6.24. The summed E-state index contributed by atoms with van der Waals surface area (Å²) in [6, 6.07) is 8.88. The van der Waals surface area contributed by atoms with E-state index in [2.05, 4.69) is 5.32 Å². The van der Waals surface area contributed by atoms with Gasteiger partial charge in [0.15, 0.2) is 0 Å². The molecule has 1 N–H and O–H groups in total. The number of nitrogens with one attached hydrogen (secondary N) is 1. The maximum Gasteiger partial charge on any atom is 0.414 e. The molecule has 0 aliphatic carbocycles. The van der Waals surface area contributed by atoms with E-state index in [0.29, 0.717) is 6.42 Å². The number of benzene rings is 1. The van der Waals surface area contributed by atoms with Gasteiger partial charge in [0.05, 0.1) is 7.11 Å². The molecule has 0 saturated carbocycles. The van der Waals surface area contributed by atoms with Crippen LogP contribution in [0.3, 0.4) is 0 Å². The molecule has 1 aromatic rings. The summed E-state index contributed by atoms with van der Waals surface area (Å²) in [4.78, 5) is 29.1. The first-order chi connectivity index (χ1) is 10.2. The molecule has 0 aliphatic heterocycles. The van der Waals surface area contributed by atoms with E-state index in [1.807, 2.05) is 30.3 Å². The van der Waals surface area contributed by atoms with Gasteiger partial charge in [-0.15, -0.1) is 0 Å². The molecule has 0 bridgehead atoms. The average Bonchev–Trinajstić information content (AvgIpc) is 2.42. The number of rotatable bonds is 5. The number of nitrogens with zero attached hydrogens (tertiary/aromatic N) is 1. The first kappa shape index (κ1) is 18.1. The number of ether oxygens (including phenoxy) is 1. The predicted octanol–water partition coefficient (Wildman–Crippen LogP) is 2.14. The highest BCUT2D eigenvalue weighted by atomic mass is 16.7. The molecular weight excluding hydrogens is 284 g/mol. The van der Waals surface area contributed by atoms with Crippen LogP contribution in [-0.2, 0) is 20.8 Å². The van der Waals surface area contributed by atoms with Crippen molar-refractivity contribution in [1.29, 1.82) is 0 Å². The molecule has 0 fully saturated rings. The predicted molar refractivity (Wildman–Crippen MR) is 83.1 cm³/mol. The lowest BCUT2D eigenvalue weighted by Gasteiger charge is -2.25. The molecule has 0 saturated heterocycles. The van der Waals surface area contributed by atoms with E-state index in [4.69, 9.17) is 9.57 Å². The Morgan fingerprint density at radius 2 is 1.82 bits per heavy atom. The van der Waals surface area contributed by atoms with Crippen molar-refractivity contribution < 1.29 is 19.2 Å². The van der Waals surface area contributed by atoms with E-state index < -0.39 is 23.6 Å². The molecule has 1 aromatic carbocycles. The molecule has 0 spiro atoms. The van der Waals surface area contributed by atoms with Crippen LogP contribution in [-0.4, -0.2) is 42.9 Å². The molecule has 6 nitrogen and oxygen atoms in total. The van der Waals surface area contributed by atoms with Gasteiger partial charge in [0, 0.05) is 7.05 Å². The van der Waals surface area contributed by atoms with Gasteiger partial charge in [0.25, 0.3) is 0 Å². The molecule has 1 atom stereocenters. The largest absolute Gasteiger partial charge is 0.444 e. The Morgan fingerprint density at radius 3 is 2.32 bits per heavy atom. The van der Waals surface area contributed by atoms with Crippen molar-refractivity contribution in [3.8, 4) is 0 Å². The Hall–Kier alpha value is -1.92. The lowest BCUT2D eigenvalue weighted by Crippen LogP contribution is -2.49. The summed E-state index contributed by atoms with van der Waals surface area (Å²) in [5.74, 6) is -0.470. The van der Waals surface area contributed by atoms with Gasteiger partial charge < -0.3 is 9.57 Å². The molecule has 0 heterocycles. The fourth-order valence-electron chi connectivity index (χ4n) is 1.84. The van der Waals surface area contributed by atoms with Crippen LogP contribution in [0.2, 0.25) is 0 Å². The molecule has 0 aromatic heterocycles. The third-order valence-electron chi connectivity index (χ3n) is 2.93. The second-order valence-corrected chi connectivity index (χ2v) is 5.93. The molecule has 2 amide bonds. The molecule has 0 aliphatic rings. The summed E-state index contributed by atoms with van der Waals surface area (Å²) in [6.45, 7) is 5.21. The number of hydrogen-bond acceptors (Lipinski definition) is 5. The van der Waals surface area contributed by atoms with E-state index in [1.165, 1.54) is 12.2 Å². The summed E-state index contributed by atoms with van der Waals surface area (Å²) in [5.41, 5.74) is 0.308. The summed E-state index contributed by atoms with van der Waals surface area (Å²) >= 11 is 0. The van der Waals surface area contributed by atoms with E-state index in [1.54, 1.807) is 27.8 Å². The van der Waals surface area contributed by atoms with Gasteiger partial charge in [-0.3, -0.25) is 10.1 Å². The summed E-state index contributed by atoms with van der Waals surface area (Å²) in [7, 11) is 3.11. The van der Waals surface area contributed by atoms with Gasteiger partial charge in [0.1, 0.15) is 11.6 Å². The minimum atomic E-state index is -0.764. The monoisotopic (exact) mass is 308 g/mol. The fraction of sp³-hybridized carbons (Fsp3) is 0.500. The maximum atomic E-state index is 12.3. The highest BCUT2D eigenvalue weighted by Gasteiger charge is 2.27. The summed E-state index contributed by atoms with van der Waals surface area (Å²) < 4.78 is 5.09. The lowest BCUT2D eigenvalue weighted by molar-refractivity contribution is -0.160. The van der Waals surface area contributed by atoms with E-state index in [9.17, 15) is 9.59 Å². The van der Waals surface area contributed by atoms with Gasteiger partial charge in [0.2, 0.25) is 5.91 Å². The normalized spacial score (nSPS) is 12.8. The molecule has 0 radical (unpaired) electrons. The molecule has 22 heavy (non-hydrogen) atoms. The number of amides is 2. The molecule has 1 rings (SSSR count). The van der Waals surface area contributed by atoms with Crippen LogP contribution in [0.5, 0.6) is 0 Å². The van der Waals surface area contributed by atoms with Gasteiger partial charge in [-0.05, 0) is 32.8 Å². The number of likely N-dealkylation sites (N-methyl/N-ethyl adjacent to an activating group) is 1. The van der Waals surface area contributed by atoms with Gasteiger partial charge >= 0.3 is 6.09 Å². The molecular formula is C16H24N2O4. The number of carbonyl (C=O) groups excluding carboxylic acids is 2. The Kier molecular flexibility index (Phi) is 6.52. The van der Waals surface area contributed by atoms with Crippen LogP contribution in [0.1, 0.15) is 26.3 Å². The first-order valence-electron chi connectivity index (χ1n) is 7.07. The third-order valence-corrected chi connectivity index (χ3v) is 2.93. The van der Waals surface area contributed by atoms with Gasteiger partial charge in [-0.25, -0.2) is 4.79 Å². The standard InChI is InChI=1S/C16H24N2O4/c1-16(2,3)22-15(20)17-14(19)13(18(4)21-5)11-12-9-7-6-8-10-12/h6-10,13H,11H2,1-5H3,(H,17,19,20)/t13-/m0/s1. The highest BCUT2D eigenvalue weighted by molar-refractivity contribution is 5.95. The Bertz CT molecular complexity index is 497. The van der Waals surface area contributed by atoms with E-state index >= 15 is 0 Å². The summed E-state index contributed by atoms with van der Waals surface area (Å²) in [6.07, 6.45) is -0.347. The van der Waals surface area contributed by atoms with Crippen molar-refractivity contribution in [2.45, 2.75) is 38.8 Å². The Balaban J connectivity index is 2.75. The number of carbonyl (C=O) groups is 2. The van der Waals surface area contributed by atoms with Crippen molar-refractivity contribution in [3.05, 3.63) is 35.9 Å². The van der Waals surface area contributed by atoms with Crippen LogP contribution in [0.15, 0.2) is 30.3 Å². The fourth-order valence-corrected chi connectivity index (χ4v) is 1.84. The van der Waals surface area contributed by atoms with Crippen LogP contribution < -0.4 is 5.32 Å². The van der Waals surface area contributed by atoms with E-state index in [0.717, 1.165) is 5.56 Å². The van der Waals surface area contributed by atoms with Crippen molar-refractivity contribution in [1.82, 2.24) is 10.4 Å². The van der Waals surface area contributed by atoms with Gasteiger partial charge in [-0.2, -0.15) is 5.06 Å². The van der Waals surface area contributed by atoms with Crippen LogP contribution in [0, 0.1) is 0 Å². The zero-order valence-corrected chi connectivity index (χ0v) is 13.8. The average molecular weight is 308 g/mol. The van der Waals surface area contributed by atoms with Crippen LogP contribution in [0.4, 0.5) is 4.79 Å². The SMILES string of the molecule is CON(C)[C@@H](Cc1ccccc1)C(=O)NC(=O)OC(C)(C)C. The minimum absolute atomic E-state index is 0.416. The topological polar surface area (TPSA) is 67.9 Å². The zero-order chi connectivity index (χ0) is 16.8. The number of hydroxylamine groups is 2. The zero-order valence-electron chi connectivity index (χ0n) is 13.8. The number of imide groups is 1. The first-order valence-corrected chi connectivity index (χ1v) is 7.07. The van der Waals surface area contributed by atoms with Crippen molar-refractivity contribution in [2.75, 3.05) is 14.2 Å². The number of alkyl carbamates (subject to hydrolysis) is 1. The van der Waals surface area contributed by atoms with Crippen molar-refractivity contribution in [2.24, 2.45) is 0 Å². The molecule has 122 valence electrons. The van der Waals surface area contributed by atoms with Gasteiger partial charge in [-0.1, -0.05) is 30.3 Å². The van der Waals surface area contributed by atoms with E-state index in [-0.39, 0.29) is 0 Å². The minimum Gasteiger partial charge on any atom is -0.444 e. The molecule has 6 heteroatoms. The smallest absolute Gasteiger partial charge is 0.414 e. The van der Waals surface area contributed by atoms with Crippen LogP contribution >= 0.6 is 0 Å². The summed E-state index contributed by atoms with van der Waals surface area (Å²) in [5, 5.41) is 3.66. The maximum absolute atomic E-state index is 12.3. The van der Waals surface area contributed by atoms with Crippen LogP contribution in [0.25, 0.3) is 0 Å². The Morgan fingerprint density at radius 1 is 1.23 bits per heavy atom. The second kappa shape index (κ2) is 7.91. The highest BCUT2D eigenvalue weighted by Crippen LogP contribution is 2.10. The second-order valence-electron chi connectivity index (χ2n) is 5.93. The lowest BCUT2D eigenvalue weighted by atomic mass is 10.1. The quantitative estimate of drug-likeness (QED) is 0.844. The Labute approximate surface area is 131 Å². The molecule has 0 unspecified atom stereocenters.